The first-order valence-corrected chi connectivity index (χ1v) is 7.02. The Morgan fingerprint density at radius 1 is 1.42 bits per heavy atom. The van der Waals surface area contributed by atoms with Crippen LogP contribution in [0.3, 0.4) is 0 Å². The van der Waals surface area contributed by atoms with Crippen molar-refractivity contribution in [2.75, 3.05) is 13.1 Å². The molecule has 1 N–H and O–H groups in total. The molecule has 0 bridgehead atoms. The fourth-order valence-corrected chi connectivity index (χ4v) is 2.95. The maximum atomic E-state index is 12.2. The van der Waals surface area contributed by atoms with Gasteiger partial charge in [0, 0.05) is 6.54 Å². The van der Waals surface area contributed by atoms with Gasteiger partial charge in [-0.3, -0.25) is 4.79 Å². The van der Waals surface area contributed by atoms with Crippen LogP contribution < -0.4 is 5.32 Å². The van der Waals surface area contributed by atoms with Crippen molar-refractivity contribution < 1.29 is 13.2 Å². The number of sulfonamides is 1. The van der Waals surface area contributed by atoms with E-state index in [1.807, 2.05) is 0 Å². The summed E-state index contributed by atoms with van der Waals surface area (Å²) in [6, 6.07) is 6.40. The summed E-state index contributed by atoms with van der Waals surface area (Å²) < 4.78 is 25.4. The van der Waals surface area contributed by atoms with Crippen molar-refractivity contribution in [3.8, 4) is 0 Å². The monoisotopic (exact) mass is 279 g/mol. The summed E-state index contributed by atoms with van der Waals surface area (Å²) in [6.07, 6.45) is 2.68. The van der Waals surface area contributed by atoms with Crippen molar-refractivity contribution in [3.05, 3.63) is 36.9 Å². The Morgan fingerprint density at radius 2 is 2.16 bits per heavy atom. The number of fused-ring (bicyclic) bond motifs is 1. The van der Waals surface area contributed by atoms with Gasteiger partial charge in [0.15, 0.2) is 0 Å². The first-order chi connectivity index (χ1) is 9.05. The molecule has 1 aromatic carbocycles. The average molecular weight is 279 g/mol. The van der Waals surface area contributed by atoms with Gasteiger partial charge in [-0.15, -0.1) is 6.58 Å². The normalized spacial score (nSPS) is 15.7. The Balaban J connectivity index is 2.22. The van der Waals surface area contributed by atoms with Crippen LogP contribution in [0.5, 0.6) is 0 Å². The predicted molar refractivity (Wildman–Crippen MR) is 71.7 cm³/mol. The van der Waals surface area contributed by atoms with E-state index in [0.717, 1.165) is 10.6 Å². The third-order valence-electron chi connectivity index (χ3n) is 2.52. The van der Waals surface area contributed by atoms with Crippen molar-refractivity contribution in [1.29, 1.82) is 0 Å². The van der Waals surface area contributed by atoms with E-state index in [1.165, 1.54) is 12.1 Å². The van der Waals surface area contributed by atoms with Crippen LogP contribution in [-0.2, 0) is 14.8 Å². The predicted octanol–water partition coefficient (Wildman–Crippen LogP) is 0.653. The zero-order valence-corrected chi connectivity index (χ0v) is 10.9. The minimum absolute atomic E-state index is 0.106. The zero-order valence-electron chi connectivity index (χ0n) is 10.1. The standard InChI is InChI=1S/C12H13N3O3S/c1-2-7-13-12(16)8-15-9-14-10-5-3-4-6-11(10)19(15,17)18/h2-6,9H,1,7-8H2,(H,13,16). The lowest BCUT2D eigenvalue weighted by Gasteiger charge is -2.23. The molecule has 0 unspecified atom stereocenters. The van der Waals surface area contributed by atoms with Crippen LogP contribution in [0.2, 0.25) is 0 Å². The number of hydrogen-bond acceptors (Lipinski definition) is 4. The minimum Gasteiger partial charge on any atom is -0.351 e. The molecule has 6 nitrogen and oxygen atoms in total. The summed E-state index contributed by atoms with van der Waals surface area (Å²) in [5, 5.41) is 2.52. The molecule has 1 aromatic rings. The number of aliphatic imine (C=N–C) groups is 1. The Morgan fingerprint density at radius 3 is 2.89 bits per heavy atom. The Kier molecular flexibility index (Phi) is 3.66. The first kappa shape index (κ1) is 13.3. The van der Waals surface area contributed by atoms with Gasteiger partial charge in [-0.25, -0.2) is 17.7 Å². The van der Waals surface area contributed by atoms with E-state index in [0.29, 0.717) is 12.2 Å². The summed E-state index contributed by atoms with van der Waals surface area (Å²) in [5.74, 6) is -0.408. The molecular formula is C12H13N3O3S. The molecule has 2 rings (SSSR count). The molecule has 0 saturated heterocycles. The van der Waals surface area contributed by atoms with Crippen molar-refractivity contribution in [2.45, 2.75) is 4.90 Å². The van der Waals surface area contributed by atoms with Gasteiger partial charge in [-0.1, -0.05) is 18.2 Å². The van der Waals surface area contributed by atoms with Gasteiger partial charge in [0.1, 0.15) is 17.8 Å². The zero-order chi connectivity index (χ0) is 13.9. The molecule has 1 aliphatic rings. The highest BCUT2D eigenvalue weighted by Gasteiger charge is 2.29. The first-order valence-electron chi connectivity index (χ1n) is 5.58. The van der Waals surface area contributed by atoms with Crippen molar-refractivity contribution in [1.82, 2.24) is 9.62 Å². The molecule has 1 amide bonds. The van der Waals surface area contributed by atoms with Crippen LogP contribution in [0.25, 0.3) is 0 Å². The van der Waals surface area contributed by atoms with Crippen LogP contribution in [0.1, 0.15) is 0 Å². The van der Waals surface area contributed by atoms with E-state index in [-0.39, 0.29) is 11.4 Å². The lowest BCUT2D eigenvalue weighted by Crippen LogP contribution is -2.40. The highest BCUT2D eigenvalue weighted by molar-refractivity contribution is 7.89. The van der Waals surface area contributed by atoms with E-state index >= 15 is 0 Å². The number of amides is 1. The van der Waals surface area contributed by atoms with Gasteiger partial charge >= 0.3 is 0 Å². The molecule has 19 heavy (non-hydrogen) atoms. The van der Waals surface area contributed by atoms with E-state index < -0.39 is 15.9 Å². The number of nitrogens with one attached hydrogen (secondary N) is 1. The largest absolute Gasteiger partial charge is 0.351 e. The third kappa shape index (κ3) is 2.65. The second kappa shape index (κ2) is 5.23. The van der Waals surface area contributed by atoms with Gasteiger partial charge in [0.2, 0.25) is 5.91 Å². The van der Waals surface area contributed by atoms with E-state index in [1.54, 1.807) is 18.2 Å². The number of hydrogen-bond donors (Lipinski definition) is 1. The van der Waals surface area contributed by atoms with Crippen LogP contribution in [0.15, 0.2) is 46.8 Å². The van der Waals surface area contributed by atoms with E-state index in [9.17, 15) is 13.2 Å². The third-order valence-corrected chi connectivity index (χ3v) is 4.26. The van der Waals surface area contributed by atoms with Gasteiger partial charge in [-0.2, -0.15) is 0 Å². The molecule has 0 aromatic heterocycles. The lowest BCUT2D eigenvalue weighted by atomic mass is 10.3. The molecule has 7 heteroatoms. The summed E-state index contributed by atoms with van der Waals surface area (Å²) in [7, 11) is -3.71. The van der Waals surface area contributed by atoms with E-state index in [2.05, 4.69) is 16.9 Å². The SMILES string of the molecule is C=CCNC(=O)CN1C=Nc2ccccc2S1(=O)=O. The van der Waals surface area contributed by atoms with Crippen LogP contribution in [0.4, 0.5) is 5.69 Å². The molecule has 0 spiro atoms. The molecule has 0 radical (unpaired) electrons. The van der Waals surface area contributed by atoms with Crippen molar-refractivity contribution in [3.63, 3.8) is 0 Å². The summed E-state index contributed by atoms with van der Waals surface area (Å²) >= 11 is 0. The average Bonchev–Trinajstić information content (AvgIpc) is 2.40. The summed E-state index contributed by atoms with van der Waals surface area (Å²) in [5.41, 5.74) is 0.380. The maximum Gasteiger partial charge on any atom is 0.267 e. The number of nitrogens with zero attached hydrogens (tertiary/aromatic N) is 2. The minimum atomic E-state index is -3.71. The molecule has 0 atom stereocenters. The van der Waals surface area contributed by atoms with Gasteiger partial charge in [0.05, 0.1) is 5.69 Å². The summed E-state index contributed by atoms with van der Waals surface area (Å²) in [6.45, 7) is 3.46. The summed E-state index contributed by atoms with van der Waals surface area (Å²) in [4.78, 5) is 15.7. The van der Waals surface area contributed by atoms with Gasteiger partial charge in [-0.05, 0) is 12.1 Å². The second-order valence-electron chi connectivity index (χ2n) is 3.86. The van der Waals surface area contributed by atoms with Crippen molar-refractivity contribution in [2.24, 2.45) is 4.99 Å². The van der Waals surface area contributed by atoms with Gasteiger partial charge in [0.25, 0.3) is 10.0 Å². The van der Waals surface area contributed by atoms with Gasteiger partial charge < -0.3 is 5.32 Å². The number of para-hydroxylation sites is 1. The molecule has 1 heterocycles. The molecule has 0 fully saturated rings. The Labute approximate surface area is 111 Å². The van der Waals surface area contributed by atoms with E-state index in [4.69, 9.17) is 0 Å². The number of carbonyl (C=O) groups is 1. The highest BCUT2D eigenvalue weighted by Crippen LogP contribution is 2.29. The molecule has 100 valence electrons. The maximum absolute atomic E-state index is 12.2. The molecule has 0 aliphatic carbocycles. The fourth-order valence-electron chi connectivity index (χ4n) is 1.61. The quantitative estimate of drug-likeness (QED) is 0.822. The topological polar surface area (TPSA) is 78.8 Å². The second-order valence-corrected chi connectivity index (χ2v) is 5.71. The molecule has 1 aliphatic heterocycles. The Hall–Kier alpha value is -2.15. The highest BCUT2D eigenvalue weighted by atomic mass is 32.2. The smallest absolute Gasteiger partial charge is 0.267 e. The van der Waals surface area contributed by atoms with Crippen LogP contribution in [0, 0.1) is 0 Å². The fraction of sp³-hybridized carbons (Fsp3) is 0.167. The van der Waals surface area contributed by atoms with Crippen LogP contribution >= 0.6 is 0 Å². The number of carbonyl (C=O) groups excluding carboxylic acids is 1. The van der Waals surface area contributed by atoms with Crippen LogP contribution in [-0.4, -0.2) is 38.1 Å². The van der Waals surface area contributed by atoms with Crippen molar-refractivity contribution >= 4 is 28.0 Å². The molecular weight excluding hydrogens is 266 g/mol. The number of rotatable bonds is 4. The lowest BCUT2D eigenvalue weighted by molar-refractivity contribution is -0.120. The Bertz CT molecular complexity index is 637. The molecule has 0 saturated carbocycles. The number of benzene rings is 1.